The maximum Gasteiger partial charge on any atom is 0.245 e. The highest BCUT2D eigenvalue weighted by Gasteiger charge is 2.27. The van der Waals surface area contributed by atoms with E-state index in [4.69, 9.17) is 33.2 Å². The van der Waals surface area contributed by atoms with Crippen LogP contribution in [-0.2, 0) is 48.7 Å². The minimum absolute atomic E-state index is 0.185. The van der Waals surface area contributed by atoms with Gasteiger partial charge in [0.15, 0.2) is 23.0 Å². The zero-order valence-corrected chi connectivity index (χ0v) is 21.3. The Morgan fingerprint density at radius 3 is 1.44 bits per heavy atom. The first-order valence-corrected chi connectivity index (χ1v) is 13.5. The summed E-state index contributed by atoms with van der Waals surface area (Å²) in [4.78, 5) is 8.56. The molecule has 2 saturated heterocycles. The van der Waals surface area contributed by atoms with Crippen molar-refractivity contribution in [2.75, 3.05) is 39.6 Å². The summed E-state index contributed by atoms with van der Waals surface area (Å²) in [5, 5.41) is 0. The highest BCUT2D eigenvalue weighted by atomic mass is 32.3. The predicted octanol–water partition coefficient (Wildman–Crippen LogP) is 0.523. The molecule has 0 aliphatic carbocycles. The van der Waals surface area contributed by atoms with E-state index in [0.29, 0.717) is 24.7 Å². The van der Waals surface area contributed by atoms with E-state index in [0.717, 1.165) is 0 Å². The van der Waals surface area contributed by atoms with Gasteiger partial charge in [0.1, 0.15) is 51.1 Å². The molecule has 0 aromatic heterocycles. The molecule has 0 N–H and O–H groups in total. The Bertz CT molecular complexity index is 1220. The normalized spacial score (nSPS) is 18.3. The Labute approximate surface area is 221 Å². The Morgan fingerprint density at radius 2 is 1.08 bits per heavy atom. The number of rotatable bonds is 18. The lowest BCUT2D eigenvalue weighted by atomic mass is 10.2. The molecule has 39 heavy (non-hydrogen) atoms. The lowest BCUT2D eigenvalue weighted by Gasteiger charge is -2.15. The molecule has 0 spiro atoms. The molecule has 0 saturated carbocycles. The van der Waals surface area contributed by atoms with E-state index in [-0.39, 0.29) is 36.2 Å². The van der Waals surface area contributed by atoms with Crippen LogP contribution in [0.3, 0.4) is 0 Å². The van der Waals surface area contributed by atoms with Crippen LogP contribution < -0.4 is 23.7 Å². The summed E-state index contributed by atoms with van der Waals surface area (Å²) in [6.45, 7) is -0.435. The summed E-state index contributed by atoms with van der Waals surface area (Å²) < 4.78 is 108. The summed E-state index contributed by atoms with van der Waals surface area (Å²) in [7, 11) is -10.0. The highest BCUT2D eigenvalue weighted by Crippen LogP contribution is 2.38. The highest BCUT2D eigenvalue weighted by molar-refractivity contribution is 7.80. The van der Waals surface area contributed by atoms with E-state index in [1.807, 2.05) is 0 Å². The third kappa shape index (κ3) is 11.0. The van der Waals surface area contributed by atoms with E-state index in [2.05, 4.69) is 18.4 Å². The van der Waals surface area contributed by atoms with Gasteiger partial charge in [0.2, 0.25) is 33.4 Å². The average molecular weight is 596 g/mol. The van der Waals surface area contributed by atoms with E-state index in [9.17, 15) is 25.9 Å². The molecule has 2 aromatic rings. The monoisotopic (exact) mass is 596 g/mol. The lowest BCUT2D eigenvalue weighted by molar-refractivity contribution is -0.212. The van der Waals surface area contributed by atoms with Crippen molar-refractivity contribution in [3.05, 3.63) is 36.4 Å². The average Bonchev–Trinajstić information content (AvgIpc) is 3.77. The summed E-state index contributed by atoms with van der Waals surface area (Å²) in [5.41, 5.74) is 0. The van der Waals surface area contributed by atoms with Crippen molar-refractivity contribution in [1.82, 2.24) is 0 Å². The molecule has 2 fully saturated rings. The topological polar surface area (TPSA) is 223 Å². The number of hydrogen-bond acceptors (Lipinski definition) is 17. The van der Waals surface area contributed by atoms with Crippen LogP contribution in [0.1, 0.15) is 0 Å². The quantitative estimate of drug-likeness (QED) is 0.0571. The van der Waals surface area contributed by atoms with Crippen LogP contribution in [0.4, 0.5) is 0 Å². The predicted molar refractivity (Wildman–Crippen MR) is 118 cm³/mol. The molecule has 2 aromatic carbocycles. The van der Waals surface area contributed by atoms with E-state index >= 15 is 0 Å². The lowest BCUT2D eigenvalue weighted by Crippen LogP contribution is -2.12. The van der Waals surface area contributed by atoms with Crippen LogP contribution in [0, 0.1) is 0 Å². The fourth-order valence-corrected chi connectivity index (χ4v) is 3.09. The first-order chi connectivity index (χ1) is 18.5. The van der Waals surface area contributed by atoms with Crippen molar-refractivity contribution in [2.45, 2.75) is 12.6 Å². The first kappa shape index (κ1) is 29.0. The van der Waals surface area contributed by atoms with Gasteiger partial charge in [-0.2, -0.15) is 0 Å². The van der Waals surface area contributed by atoms with Gasteiger partial charge in [0.25, 0.3) is 0 Å². The number of ether oxygens (including phenoxy) is 7. The largest absolute Gasteiger partial charge is 0.724 e. The summed E-state index contributed by atoms with van der Waals surface area (Å²) in [6.07, 6.45) is -0.898. The molecule has 4 rings (SSSR count). The molecule has 2 unspecified atom stereocenters. The minimum atomic E-state index is -5.02. The van der Waals surface area contributed by atoms with Gasteiger partial charge in [0.05, 0.1) is 0 Å². The van der Waals surface area contributed by atoms with E-state index in [1.54, 1.807) is 24.3 Å². The second-order valence-electron chi connectivity index (χ2n) is 7.37. The molecular formula is C20H20O17S2-2. The van der Waals surface area contributed by atoms with Gasteiger partial charge < -0.3 is 42.3 Å². The Balaban J connectivity index is 1.40. The molecule has 2 heterocycles. The van der Waals surface area contributed by atoms with E-state index in [1.165, 1.54) is 12.1 Å². The molecule has 2 aliphatic heterocycles. The second-order valence-corrected chi connectivity index (χ2v) is 9.28. The summed E-state index contributed by atoms with van der Waals surface area (Å²) >= 11 is 0. The fraction of sp³-hybridized carbons (Fsp3) is 0.400. The molecule has 216 valence electrons. The minimum Gasteiger partial charge on any atom is -0.724 e. The van der Waals surface area contributed by atoms with Crippen molar-refractivity contribution in [1.29, 1.82) is 0 Å². The van der Waals surface area contributed by atoms with Crippen molar-refractivity contribution >= 4 is 20.8 Å². The maximum absolute atomic E-state index is 10.4. The summed E-state index contributed by atoms with van der Waals surface area (Å²) in [6, 6.07) is 9.19. The molecule has 2 atom stereocenters. The van der Waals surface area contributed by atoms with Crippen molar-refractivity contribution < 1.29 is 77.5 Å². The van der Waals surface area contributed by atoms with E-state index < -0.39 is 46.6 Å². The SMILES string of the molecule is O=S(=O)([O-])OOCCOc1cc(Oc2ccc(OC3CO3)c(OCCOOS(=O)(=O)[O-])c2)ccc1OC1CO1. The standard InChI is InChI=1S/C20H22O17S2/c21-38(22,23)36-31-7-5-27-17-9-13(1-3-15(17)34-19-11-29-19)33-14-2-4-16(35-20-12-30-20)18(10-14)28-6-8-32-37-39(24,25)26/h1-4,9-10,19-20H,5-8,11-12H2,(H,21,22,23)(H,24,25,26)/p-2. The molecule has 17 nitrogen and oxygen atoms in total. The van der Waals surface area contributed by atoms with Crippen LogP contribution in [0.5, 0.6) is 34.5 Å². The van der Waals surface area contributed by atoms with Gasteiger partial charge in [-0.15, -0.1) is 8.67 Å². The van der Waals surface area contributed by atoms with Gasteiger partial charge in [0, 0.05) is 12.1 Å². The Kier molecular flexibility index (Phi) is 9.61. The molecule has 0 radical (unpaired) electrons. The van der Waals surface area contributed by atoms with Gasteiger partial charge in [-0.25, -0.2) is 26.6 Å². The van der Waals surface area contributed by atoms with Crippen LogP contribution in [0.25, 0.3) is 0 Å². The zero-order valence-electron chi connectivity index (χ0n) is 19.6. The smallest absolute Gasteiger partial charge is 0.245 e. The molecule has 19 heteroatoms. The van der Waals surface area contributed by atoms with Gasteiger partial charge in [-0.05, 0) is 24.3 Å². The van der Waals surface area contributed by atoms with Gasteiger partial charge >= 0.3 is 0 Å². The summed E-state index contributed by atoms with van der Waals surface area (Å²) in [5.74, 6) is 1.53. The van der Waals surface area contributed by atoms with Crippen LogP contribution >= 0.6 is 0 Å². The van der Waals surface area contributed by atoms with Crippen molar-refractivity contribution in [3.8, 4) is 34.5 Å². The van der Waals surface area contributed by atoms with Gasteiger partial charge in [-0.3, -0.25) is 0 Å². The Hall–Kier alpha value is -2.98. The van der Waals surface area contributed by atoms with Crippen molar-refractivity contribution in [3.63, 3.8) is 0 Å². The molecule has 2 aliphatic rings. The maximum atomic E-state index is 10.4. The second kappa shape index (κ2) is 12.9. The third-order valence-corrected chi connectivity index (χ3v) is 4.83. The van der Waals surface area contributed by atoms with Crippen LogP contribution in [0.2, 0.25) is 0 Å². The fourth-order valence-electron chi connectivity index (χ4n) is 2.72. The molecule has 0 amide bonds. The number of benzene rings is 2. The third-order valence-electron chi connectivity index (χ3n) is 4.30. The first-order valence-electron chi connectivity index (χ1n) is 10.9. The Morgan fingerprint density at radius 1 is 0.667 bits per heavy atom. The van der Waals surface area contributed by atoms with Crippen LogP contribution in [-0.4, -0.2) is 78.2 Å². The van der Waals surface area contributed by atoms with Crippen molar-refractivity contribution in [2.24, 2.45) is 0 Å². The van der Waals surface area contributed by atoms with Crippen LogP contribution in [0.15, 0.2) is 36.4 Å². The number of epoxide rings is 2. The van der Waals surface area contributed by atoms with Gasteiger partial charge in [-0.1, -0.05) is 0 Å². The molecule has 0 bridgehead atoms. The zero-order chi connectivity index (χ0) is 27.9. The number of hydrogen-bond donors (Lipinski definition) is 0. The molecular weight excluding hydrogens is 576 g/mol.